The standard InChI is InChI=1S/C17H16F3N5/c18-17(19,20)16-23-22-14-10-9-13(24-25(14)16)21-15(12-7-4-8-12)11-5-2-1-3-6-11/h1-3,5-6,9-10,12,15H,4,7-8H2,(H,21,24). The lowest BCUT2D eigenvalue weighted by Gasteiger charge is -2.35. The second-order valence-electron chi connectivity index (χ2n) is 6.23. The highest BCUT2D eigenvalue weighted by Crippen LogP contribution is 2.39. The molecule has 0 amide bonds. The van der Waals surface area contributed by atoms with Crippen LogP contribution in [-0.4, -0.2) is 19.8 Å². The molecule has 0 spiro atoms. The number of rotatable bonds is 4. The van der Waals surface area contributed by atoms with E-state index in [0.29, 0.717) is 11.7 Å². The molecule has 1 fully saturated rings. The van der Waals surface area contributed by atoms with Crippen LogP contribution in [-0.2, 0) is 6.18 Å². The number of hydrogen-bond donors (Lipinski definition) is 1. The molecule has 2 heterocycles. The van der Waals surface area contributed by atoms with Gasteiger partial charge in [-0.2, -0.15) is 17.7 Å². The van der Waals surface area contributed by atoms with E-state index in [4.69, 9.17) is 0 Å². The molecule has 25 heavy (non-hydrogen) atoms. The third-order valence-electron chi connectivity index (χ3n) is 4.60. The van der Waals surface area contributed by atoms with Gasteiger partial charge >= 0.3 is 6.18 Å². The van der Waals surface area contributed by atoms with Crippen LogP contribution in [0.1, 0.15) is 36.7 Å². The Morgan fingerprint density at radius 1 is 1.04 bits per heavy atom. The number of hydrogen-bond acceptors (Lipinski definition) is 4. The van der Waals surface area contributed by atoms with Gasteiger partial charge in [-0.15, -0.1) is 15.3 Å². The van der Waals surface area contributed by atoms with Crippen LogP contribution in [0.5, 0.6) is 0 Å². The summed E-state index contributed by atoms with van der Waals surface area (Å²) in [5.74, 6) is -0.299. The Kier molecular flexibility index (Phi) is 3.82. The first-order chi connectivity index (χ1) is 12.0. The number of nitrogens with zero attached hydrogens (tertiary/aromatic N) is 4. The molecule has 0 aliphatic heterocycles. The Morgan fingerprint density at radius 3 is 2.44 bits per heavy atom. The van der Waals surface area contributed by atoms with Gasteiger partial charge in [-0.1, -0.05) is 36.8 Å². The molecule has 1 aliphatic carbocycles. The van der Waals surface area contributed by atoms with Gasteiger partial charge in [0.1, 0.15) is 5.82 Å². The predicted molar refractivity (Wildman–Crippen MR) is 85.9 cm³/mol. The summed E-state index contributed by atoms with van der Waals surface area (Å²) < 4.78 is 39.8. The molecule has 2 aromatic heterocycles. The third kappa shape index (κ3) is 3.04. The summed E-state index contributed by atoms with van der Waals surface area (Å²) in [5.41, 5.74) is 1.17. The smallest absolute Gasteiger partial charge is 0.362 e. The van der Waals surface area contributed by atoms with E-state index in [0.717, 1.165) is 22.9 Å². The van der Waals surface area contributed by atoms with Crippen molar-refractivity contribution in [3.63, 3.8) is 0 Å². The van der Waals surface area contributed by atoms with Crippen LogP contribution in [0.15, 0.2) is 42.5 Å². The van der Waals surface area contributed by atoms with Gasteiger partial charge in [0.05, 0.1) is 6.04 Å². The van der Waals surface area contributed by atoms with Crippen LogP contribution >= 0.6 is 0 Å². The van der Waals surface area contributed by atoms with Crippen LogP contribution < -0.4 is 5.32 Å². The molecule has 0 bridgehead atoms. The quantitative estimate of drug-likeness (QED) is 0.772. The largest absolute Gasteiger partial charge is 0.453 e. The highest BCUT2D eigenvalue weighted by molar-refractivity contribution is 5.46. The van der Waals surface area contributed by atoms with Gasteiger partial charge in [0.25, 0.3) is 5.82 Å². The van der Waals surface area contributed by atoms with Crippen molar-refractivity contribution in [3.8, 4) is 0 Å². The zero-order valence-corrected chi connectivity index (χ0v) is 13.2. The maximum absolute atomic E-state index is 13.0. The van der Waals surface area contributed by atoms with E-state index in [-0.39, 0.29) is 11.7 Å². The van der Waals surface area contributed by atoms with E-state index in [1.165, 1.54) is 12.5 Å². The van der Waals surface area contributed by atoms with E-state index in [1.54, 1.807) is 6.07 Å². The Morgan fingerprint density at radius 2 is 1.80 bits per heavy atom. The summed E-state index contributed by atoms with van der Waals surface area (Å²) >= 11 is 0. The van der Waals surface area contributed by atoms with Crippen LogP contribution in [0.3, 0.4) is 0 Å². The topological polar surface area (TPSA) is 55.1 Å². The molecule has 1 aliphatic rings. The Labute approximate surface area is 141 Å². The van der Waals surface area contributed by atoms with Crippen molar-refractivity contribution in [1.82, 2.24) is 19.8 Å². The van der Waals surface area contributed by atoms with Gasteiger partial charge in [0.15, 0.2) is 5.65 Å². The summed E-state index contributed by atoms with van der Waals surface area (Å²) in [6, 6.07) is 13.0. The molecule has 1 saturated carbocycles. The fourth-order valence-corrected chi connectivity index (χ4v) is 3.11. The number of alkyl halides is 3. The number of aromatic nitrogens is 4. The average molecular weight is 347 g/mol. The van der Waals surface area contributed by atoms with Crippen LogP contribution in [0.2, 0.25) is 0 Å². The van der Waals surface area contributed by atoms with E-state index in [9.17, 15) is 13.2 Å². The first-order valence-corrected chi connectivity index (χ1v) is 8.13. The Bertz CT molecular complexity index is 871. The molecule has 1 N–H and O–H groups in total. The number of fused-ring (bicyclic) bond motifs is 1. The van der Waals surface area contributed by atoms with Gasteiger partial charge in [0, 0.05) is 0 Å². The fourth-order valence-electron chi connectivity index (χ4n) is 3.11. The van der Waals surface area contributed by atoms with Crippen molar-refractivity contribution in [2.45, 2.75) is 31.5 Å². The number of halogens is 3. The van der Waals surface area contributed by atoms with Crippen molar-refractivity contribution in [3.05, 3.63) is 53.9 Å². The molecule has 0 saturated heterocycles. The molecular formula is C17H16F3N5. The second kappa shape index (κ2) is 6.02. The second-order valence-corrected chi connectivity index (χ2v) is 6.23. The Balaban J connectivity index is 1.68. The maximum atomic E-state index is 13.0. The van der Waals surface area contributed by atoms with Gasteiger partial charge in [-0.05, 0) is 36.5 Å². The van der Waals surface area contributed by atoms with E-state index in [2.05, 4.69) is 20.6 Å². The zero-order valence-electron chi connectivity index (χ0n) is 13.2. The molecular weight excluding hydrogens is 331 g/mol. The van der Waals surface area contributed by atoms with Gasteiger partial charge < -0.3 is 5.32 Å². The fraction of sp³-hybridized carbons (Fsp3) is 0.353. The lowest BCUT2D eigenvalue weighted by molar-refractivity contribution is -0.146. The SMILES string of the molecule is FC(F)(F)c1nnc2ccc(NC(c3ccccc3)C3CCC3)nn12. The van der Waals surface area contributed by atoms with Gasteiger partial charge in [-0.3, -0.25) is 0 Å². The number of anilines is 1. The van der Waals surface area contributed by atoms with E-state index < -0.39 is 12.0 Å². The van der Waals surface area contributed by atoms with Crippen molar-refractivity contribution in [1.29, 1.82) is 0 Å². The minimum Gasteiger partial charge on any atom is -0.362 e. The van der Waals surface area contributed by atoms with E-state index in [1.807, 2.05) is 30.3 Å². The Hall–Kier alpha value is -2.64. The molecule has 1 atom stereocenters. The summed E-state index contributed by atoms with van der Waals surface area (Å²) in [7, 11) is 0. The first kappa shape index (κ1) is 15.9. The van der Waals surface area contributed by atoms with Crippen molar-refractivity contribution in [2.24, 2.45) is 5.92 Å². The lowest BCUT2D eigenvalue weighted by atomic mass is 9.77. The minimum absolute atomic E-state index is 0.0192. The predicted octanol–water partition coefficient (Wildman–Crippen LogP) is 4.10. The molecule has 5 nitrogen and oxygen atoms in total. The monoisotopic (exact) mass is 347 g/mol. The molecule has 130 valence electrons. The molecule has 1 aromatic carbocycles. The highest BCUT2D eigenvalue weighted by Gasteiger charge is 2.38. The van der Waals surface area contributed by atoms with Crippen molar-refractivity contribution in [2.75, 3.05) is 5.32 Å². The van der Waals surface area contributed by atoms with Gasteiger partial charge in [0.2, 0.25) is 0 Å². The van der Waals surface area contributed by atoms with Crippen molar-refractivity contribution >= 4 is 11.5 Å². The third-order valence-corrected chi connectivity index (χ3v) is 4.60. The van der Waals surface area contributed by atoms with Gasteiger partial charge in [-0.25, -0.2) is 0 Å². The molecule has 8 heteroatoms. The average Bonchev–Trinajstić information content (AvgIpc) is 2.97. The normalized spacial score (nSPS) is 16.6. The summed E-state index contributed by atoms with van der Waals surface area (Å²) in [6.45, 7) is 0. The molecule has 4 rings (SSSR count). The summed E-state index contributed by atoms with van der Waals surface area (Å²) in [6.07, 6.45) is -1.24. The lowest BCUT2D eigenvalue weighted by Crippen LogP contribution is -2.27. The number of benzene rings is 1. The van der Waals surface area contributed by atoms with Crippen LogP contribution in [0, 0.1) is 5.92 Å². The molecule has 3 aromatic rings. The summed E-state index contributed by atoms with van der Waals surface area (Å²) in [5, 5.41) is 14.1. The van der Waals surface area contributed by atoms with Crippen LogP contribution in [0.25, 0.3) is 5.65 Å². The van der Waals surface area contributed by atoms with E-state index >= 15 is 0 Å². The maximum Gasteiger partial charge on any atom is 0.453 e. The number of nitrogens with one attached hydrogen (secondary N) is 1. The molecule has 0 radical (unpaired) electrons. The van der Waals surface area contributed by atoms with Crippen LogP contribution in [0.4, 0.5) is 19.0 Å². The highest BCUT2D eigenvalue weighted by atomic mass is 19.4. The molecule has 1 unspecified atom stereocenters. The van der Waals surface area contributed by atoms with Crippen molar-refractivity contribution < 1.29 is 13.2 Å². The zero-order chi connectivity index (χ0) is 17.4. The first-order valence-electron chi connectivity index (χ1n) is 8.13. The summed E-state index contributed by atoms with van der Waals surface area (Å²) in [4.78, 5) is 0. The minimum atomic E-state index is -4.60.